The van der Waals surface area contributed by atoms with Crippen molar-refractivity contribution >= 4 is 15.9 Å². The summed E-state index contributed by atoms with van der Waals surface area (Å²) in [5.41, 5.74) is 0. The standard InChI is InChI=1S/C16H22N2O3S/c1-12(13-9-10-13)17-16(19)15-8-5-11-18(15)22(20,21)14-6-3-2-4-7-14/h2-4,6-7,12-13,15H,5,8-11H2,1H3,(H,17,19). The number of amides is 1. The molecule has 22 heavy (non-hydrogen) atoms. The van der Waals surface area contributed by atoms with Gasteiger partial charge >= 0.3 is 0 Å². The molecule has 5 nitrogen and oxygen atoms in total. The minimum Gasteiger partial charge on any atom is -0.352 e. The first-order chi connectivity index (χ1) is 10.5. The fourth-order valence-corrected chi connectivity index (χ4v) is 4.73. The van der Waals surface area contributed by atoms with Crippen LogP contribution in [-0.4, -0.2) is 37.3 Å². The molecule has 1 N–H and O–H groups in total. The summed E-state index contributed by atoms with van der Waals surface area (Å²) in [7, 11) is -3.60. The quantitative estimate of drug-likeness (QED) is 0.898. The number of carbonyl (C=O) groups excluding carboxylic acids is 1. The normalized spacial score (nSPS) is 24.1. The number of nitrogens with zero attached hydrogens (tertiary/aromatic N) is 1. The maximum atomic E-state index is 12.7. The number of sulfonamides is 1. The Bertz CT molecular complexity index is 641. The van der Waals surface area contributed by atoms with Crippen molar-refractivity contribution in [2.45, 2.75) is 49.6 Å². The minimum absolute atomic E-state index is 0.134. The van der Waals surface area contributed by atoms with E-state index in [-0.39, 0.29) is 16.8 Å². The van der Waals surface area contributed by atoms with Crippen molar-refractivity contribution in [1.82, 2.24) is 9.62 Å². The van der Waals surface area contributed by atoms with Crippen LogP contribution in [0.2, 0.25) is 0 Å². The molecule has 2 fully saturated rings. The summed E-state index contributed by atoms with van der Waals surface area (Å²) in [4.78, 5) is 12.7. The zero-order chi connectivity index (χ0) is 15.7. The Hall–Kier alpha value is -1.40. The van der Waals surface area contributed by atoms with Crippen molar-refractivity contribution in [2.75, 3.05) is 6.54 Å². The van der Waals surface area contributed by atoms with Gasteiger partial charge in [-0.3, -0.25) is 4.79 Å². The van der Waals surface area contributed by atoms with Crippen molar-refractivity contribution in [3.63, 3.8) is 0 Å². The summed E-state index contributed by atoms with van der Waals surface area (Å²) in [5, 5.41) is 2.99. The van der Waals surface area contributed by atoms with Gasteiger partial charge in [0.25, 0.3) is 0 Å². The van der Waals surface area contributed by atoms with Crippen LogP contribution in [0.4, 0.5) is 0 Å². The molecule has 1 saturated carbocycles. The lowest BCUT2D eigenvalue weighted by Gasteiger charge is -2.25. The minimum atomic E-state index is -3.60. The third-order valence-electron chi connectivity index (χ3n) is 4.56. The van der Waals surface area contributed by atoms with Crippen LogP contribution >= 0.6 is 0 Å². The Labute approximate surface area is 131 Å². The molecule has 1 aromatic rings. The lowest BCUT2D eigenvalue weighted by Crippen LogP contribution is -2.48. The molecule has 2 atom stereocenters. The van der Waals surface area contributed by atoms with Crippen LogP contribution < -0.4 is 5.32 Å². The van der Waals surface area contributed by atoms with Crippen LogP contribution in [0.25, 0.3) is 0 Å². The Kier molecular flexibility index (Phi) is 4.23. The Balaban J connectivity index is 1.76. The average molecular weight is 322 g/mol. The van der Waals surface area contributed by atoms with Crippen molar-refractivity contribution < 1.29 is 13.2 Å². The molecule has 120 valence electrons. The van der Waals surface area contributed by atoms with Crippen LogP contribution in [0.15, 0.2) is 35.2 Å². The maximum Gasteiger partial charge on any atom is 0.243 e. The monoisotopic (exact) mass is 322 g/mol. The molecular weight excluding hydrogens is 300 g/mol. The van der Waals surface area contributed by atoms with Gasteiger partial charge < -0.3 is 5.32 Å². The first-order valence-corrected chi connectivity index (χ1v) is 9.31. The van der Waals surface area contributed by atoms with Gasteiger partial charge in [0, 0.05) is 12.6 Å². The summed E-state index contributed by atoms with van der Waals surface area (Å²) in [5.74, 6) is 0.404. The van der Waals surface area contributed by atoms with Crippen molar-refractivity contribution in [3.05, 3.63) is 30.3 Å². The highest BCUT2D eigenvalue weighted by molar-refractivity contribution is 7.89. The van der Waals surface area contributed by atoms with Crippen molar-refractivity contribution in [2.24, 2.45) is 5.92 Å². The molecule has 0 bridgehead atoms. The highest BCUT2D eigenvalue weighted by Crippen LogP contribution is 2.33. The average Bonchev–Trinajstić information content (AvgIpc) is 3.24. The lowest BCUT2D eigenvalue weighted by molar-refractivity contribution is -0.124. The zero-order valence-electron chi connectivity index (χ0n) is 12.7. The number of carbonyl (C=O) groups is 1. The van der Waals surface area contributed by atoms with Gasteiger partial charge in [0.15, 0.2) is 0 Å². The third-order valence-corrected chi connectivity index (χ3v) is 6.48. The van der Waals surface area contributed by atoms with Crippen LogP contribution in [-0.2, 0) is 14.8 Å². The molecule has 0 radical (unpaired) electrons. The number of nitrogens with one attached hydrogen (secondary N) is 1. The van der Waals surface area contributed by atoms with Gasteiger partial charge in [0.1, 0.15) is 6.04 Å². The first kappa shape index (κ1) is 15.5. The van der Waals surface area contributed by atoms with Gasteiger partial charge in [0.2, 0.25) is 15.9 Å². The fourth-order valence-electron chi connectivity index (χ4n) is 3.05. The smallest absolute Gasteiger partial charge is 0.243 e. The SMILES string of the molecule is CC(NC(=O)C1CCCN1S(=O)(=O)c1ccccc1)C1CC1. The number of benzene rings is 1. The lowest BCUT2D eigenvalue weighted by atomic mass is 10.1. The van der Waals surface area contributed by atoms with Gasteiger partial charge in [-0.25, -0.2) is 8.42 Å². The largest absolute Gasteiger partial charge is 0.352 e. The van der Waals surface area contributed by atoms with Crippen LogP contribution in [0, 0.1) is 5.92 Å². The van der Waals surface area contributed by atoms with E-state index in [0.29, 0.717) is 18.9 Å². The summed E-state index contributed by atoms with van der Waals surface area (Å²) < 4.78 is 26.8. The summed E-state index contributed by atoms with van der Waals surface area (Å²) in [6.45, 7) is 2.41. The van der Waals surface area contributed by atoms with E-state index in [4.69, 9.17) is 0 Å². The van der Waals surface area contributed by atoms with E-state index >= 15 is 0 Å². The Morgan fingerprint density at radius 2 is 1.91 bits per heavy atom. The Morgan fingerprint density at radius 3 is 2.55 bits per heavy atom. The zero-order valence-corrected chi connectivity index (χ0v) is 13.6. The second-order valence-electron chi connectivity index (χ2n) is 6.22. The maximum absolute atomic E-state index is 12.7. The molecule has 1 amide bonds. The molecule has 0 spiro atoms. The molecule has 3 rings (SSSR count). The molecule has 1 aromatic carbocycles. The van der Waals surface area contributed by atoms with E-state index in [1.807, 2.05) is 6.92 Å². The van der Waals surface area contributed by atoms with E-state index in [1.165, 1.54) is 4.31 Å². The molecule has 1 heterocycles. The van der Waals surface area contributed by atoms with Crippen molar-refractivity contribution in [1.29, 1.82) is 0 Å². The van der Waals surface area contributed by atoms with E-state index < -0.39 is 16.1 Å². The van der Waals surface area contributed by atoms with E-state index in [0.717, 1.165) is 19.3 Å². The highest BCUT2D eigenvalue weighted by Gasteiger charge is 2.40. The molecule has 2 unspecified atom stereocenters. The second-order valence-corrected chi connectivity index (χ2v) is 8.11. The van der Waals surface area contributed by atoms with Crippen LogP contribution in [0.5, 0.6) is 0 Å². The van der Waals surface area contributed by atoms with Gasteiger partial charge in [-0.2, -0.15) is 4.31 Å². The first-order valence-electron chi connectivity index (χ1n) is 7.87. The van der Waals surface area contributed by atoms with E-state index in [2.05, 4.69) is 5.32 Å². The molecule has 1 saturated heterocycles. The van der Waals surface area contributed by atoms with Crippen molar-refractivity contribution in [3.8, 4) is 0 Å². The summed E-state index contributed by atoms with van der Waals surface area (Å²) in [6, 6.07) is 7.90. The summed E-state index contributed by atoms with van der Waals surface area (Å²) >= 11 is 0. The van der Waals surface area contributed by atoms with E-state index in [9.17, 15) is 13.2 Å². The second kappa shape index (κ2) is 6.01. The molecule has 1 aliphatic heterocycles. The molecule has 6 heteroatoms. The summed E-state index contributed by atoms with van der Waals surface area (Å²) in [6.07, 6.45) is 3.62. The number of rotatable bonds is 5. The highest BCUT2D eigenvalue weighted by atomic mass is 32.2. The van der Waals surface area contributed by atoms with E-state index in [1.54, 1.807) is 30.3 Å². The van der Waals surface area contributed by atoms with Crippen LogP contribution in [0.1, 0.15) is 32.6 Å². The van der Waals surface area contributed by atoms with Gasteiger partial charge in [-0.15, -0.1) is 0 Å². The third kappa shape index (κ3) is 3.03. The number of hydrogen-bond donors (Lipinski definition) is 1. The predicted molar refractivity (Wildman–Crippen MR) is 83.7 cm³/mol. The molecule has 2 aliphatic rings. The fraction of sp³-hybridized carbons (Fsp3) is 0.562. The molecule has 0 aromatic heterocycles. The number of hydrogen-bond acceptors (Lipinski definition) is 3. The van der Waals surface area contributed by atoms with Crippen LogP contribution in [0.3, 0.4) is 0 Å². The van der Waals surface area contributed by atoms with Gasteiger partial charge in [0.05, 0.1) is 4.90 Å². The van der Waals surface area contributed by atoms with Gasteiger partial charge in [-0.05, 0) is 50.7 Å². The molecule has 1 aliphatic carbocycles. The molecular formula is C16H22N2O3S. The van der Waals surface area contributed by atoms with Gasteiger partial charge in [-0.1, -0.05) is 18.2 Å². The predicted octanol–water partition coefficient (Wildman–Crippen LogP) is 1.75. The topological polar surface area (TPSA) is 66.5 Å². The Morgan fingerprint density at radius 1 is 1.23 bits per heavy atom.